The molecule has 12 heteroatoms. The van der Waals surface area contributed by atoms with Crippen LogP contribution in [0.15, 0.2) is 41.4 Å². The molecule has 4 heterocycles. The zero-order chi connectivity index (χ0) is 23.7. The summed E-state index contributed by atoms with van der Waals surface area (Å²) in [7, 11) is 0. The van der Waals surface area contributed by atoms with Gasteiger partial charge >= 0.3 is 0 Å². The first-order valence-electron chi connectivity index (χ1n) is 11.3. The molecular weight excluding hydrogens is 548 g/mol. The van der Waals surface area contributed by atoms with Crippen LogP contribution in [0.25, 0.3) is 10.9 Å². The van der Waals surface area contributed by atoms with Crippen molar-refractivity contribution in [3.8, 4) is 0 Å². The summed E-state index contributed by atoms with van der Waals surface area (Å²) in [6.45, 7) is 2.59. The number of fused-ring (bicyclic) bond motifs is 2. The Hall–Kier alpha value is -1.72. The number of hydrogen-bond acceptors (Lipinski definition) is 7. The highest BCUT2D eigenvalue weighted by Gasteiger charge is 2.27. The lowest BCUT2D eigenvalue weighted by Gasteiger charge is -2.36. The number of anilines is 1. The number of likely N-dealkylation sites (tertiary alicyclic amines) is 1. The van der Waals surface area contributed by atoms with Gasteiger partial charge in [0.15, 0.2) is 0 Å². The summed E-state index contributed by atoms with van der Waals surface area (Å²) in [6.07, 6.45) is 2.53. The second kappa shape index (κ2) is 12.7. The predicted octanol–water partition coefficient (Wildman–Crippen LogP) is 4.08. The molecule has 0 spiro atoms. The fourth-order valence-corrected chi connectivity index (χ4v) is 5.50. The fraction of sp³-hybridized carbons (Fsp3) is 0.375. The Labute approximate surface area is 230 Å². The maximum atomic E-state index is 13.8. The first kappa shape index (κ1) is 28.8. The van der Waals surface area contributed by atoms with E-state index in [1.165, 1.54) is 23.9 Å². The van der Waals surface area contributed by atoms with Gasteiger partial charge in [-0.2, -0.15) is 0 Å². The fourth-order valence-electron chi connectivity index (χ4n) is 4.50. The van der Waals surface area contributed by atoms with Crippen LogP contribution in [0, 0.1) is 5.82 Å². The molecule has 0 unspecified atom stereocenters. The van der Waals surface area contributed by atoms with Gasteiger partial charge in [0.1, 0.15) is 11.6 Å². The second-order valence-corrected chi connectivity index (χ2v) is 10.1. The van der Waals surface area contributed by atoms with Crippen molar-refractivity contribution in [3.05, 3.63) is 58.6 Å². The number of aliphatic hydroxyl groups is 1. The molecule has 0 bridgehead atoms. The van der Waals surface area contributed by atoms with Gasteiger partial charge in [-0.15, -0.1) is 36.6 Å². The van der Waals surface area contributed by atoms with Crippen molar-refractivity contribution in [2.24, 2.45) is 0 Å². The van der Waals surface area contributed by atoms with Crippen molar-refractivity contribution in [1.29, 1.82) is 0 Å². The standard InChI is InChI=1S/C24H25ClFN5O2S.2ClH/c25-18-11-28-19-3-1-14(26)9-17(19)16(18)5-7-31-8-6-20(21(32)12-31)27-10-15-2-4-22-24(29-15)30-23(33)13-34-22;;/h1-4,9,11,20-21,27,32H,5-8,10,12-13H2,(H,29,30,33);2*1H/t20-,21+;;/m1../s1. The molecule has 3 aromatic rings. The lowest BCUT2D eigenvalue weighted by atomic mass is 10.0. The van der Waals surface area contributed by atoms with E-state index in [0.717, 1.165) is 40.0 Å². The van der Waals surface area contributed by atoms with E-state index in [1.54, 1.807) is 12.3 Å². The number of thioether (sulfide) groups is 1. The predicted molar refractivity (Wildman–Crippen MR) is 146 cm³/mol. The molecule has 2 aromatic heterocycles. The molecule has 3 N–H and O–H groups in total. The van der Waals surface area contributed by atoms with Gasteiger partial charge in [0, 0.05) is 37.3 Å². The van der Waals surface area contributed by atoms with E-state index in [-0.39, 0.29) is 42.6 Å². The van der Waals surface area contributed by atoms with Gasteiger partial charge in [0.25, 0.3) is 0 Å². The Kier molecular flexibility index (Phi) is 10.2. The summed E-state index contributed by atoms with van der Waals surface area (Å²) in [5, 5.41) is 18.2. The van der Waals surface area contributed by atoms with E-state index >= 15 is 0 Å². The van der Waals surface area contributed by atoms with Crippen LogP contribution >= 0.6 is 48.2 Å². The number of amides is 1. The Morgan fingerprint density at radius 3 is 2.92 bits per heavy atom. The Bertz CT molecular complexity index is 1230. The van der Waals surface area contributed by atoms with Gasteiger partial charge in [-0.3, -0.25) is 9.78 Å². The van der Waals surface area contributed by atoms with Crippen LogP contribution in [0.3, 0.4) is 0 Å². The molecule has 1 fully saturated rings. The van der Waals surface area contributed by atoms with Crippen LogP contribution in [0.5, 0.6) is 0 Å². The highest BCUT2D eigenvalue weighted by atomic mass is 35.5. The lowest BCUT2D eigenvalue weighted by Crippen LogP contribution is -2.52. The molecule has 1 saturated heterocycles. The monoisotopic (exact) mass is 573 g/mol. The molecule has 5 rings (SSSR count). The van der Waals surface area contributed by atoms with Crippen molar-refractivity contribution in [2.45, 2.75) is 36.4 Å². The number of aliphatic hydroxyl groups excluding tert-OH is 1. The molecule has 0 aliphatic carbocycles. The molecule has 2 atom stereocenters. The SMILES string of the molecule is Cl.Cl.O=C1CSc2ccc(CN[C@@H]3CCN(CCc4c(Cl)cnc5ccc(F)cc45)C[C@@H]3O)nc2N1. The minimum absolute atomic E-state index is 0. The van der Waals surface area contributed by atoms with Crippen molar-refractivity contribution >= 4 is 70.8 Å². The number of aromatic nitrogens is 2. The van der Waals surface area contributed by atoms with Crippen LogP contribution in [0.4, 0.5) is 10.2 Å². The smallest absolute Gasteiger partial charge is 0.235 e. The summed E-state index contributed by atoms with van der Waals surface area (Å²) < 4.78 is 13.8. The molecule has 2 aliphatic rings. The Morgan fingerprint density at radius 1 is 1.28 bits per heavy atom. The molecule has 194 valence electrons. The zero-order valence-electron chi connectivity index (χ0n) is 19.2. The van der Waals surface area contributed by atoms with Crippen LogP contribution < -0.4 is 10.6 Å². The molecule has 36 heavy (non-hydrogen) atoms. The third-order valence-electron chi connectivity index (χ3n) is 6.31. The molecule has 0 saturated carbocycles. The van der Waals surface area contributed by atoms with E-state index in [4.69, 9.17) is 11.6 Å². The van der Waals surface area contributed by atoms with Crippen LogP contribution in [0.2, 0.25) is 5.02 Å². The van der Waals surface area contributed by atoms with Crippen molar-refractivity contribution in [3.63, 3.8) is 0 Å². The van der Waals surface area contributed by atoms with E-state index in [9.17, 15) is 14.3 Å². The quantitative estimate of drug-likeness (QED) is 0.409. The van der Waals surface area contributed by atoms with Gasteiger partial charge in [0.2, 0.25) is 5.91 Å². The van der Waals surface area contributed by atoms with Gasteiger partial charge in [0.05, 0.1) is 33.0 Å². The van der Waals surface area contributed by atoms with Crippen molar-refractivity contribution in [1.82, 2.24) is 20.2 Å². The number of benzene rings is 1. The van der Waals surface area contributed by atoms with E-state index in [2.05, 4.69) is 25.5 Å². The number of pyridine rings is 2. The highest BCUT2D eigenvalue weighted by Crippen LogP contribution is 2.30. The summed E-state index contributed by atoms with van der Waals surface area (Å²) >= 11 is 7.87. The van der Waals surface area contributed by atoms with E-state index in [1.807, 2.05) is 12.1 Å². The second-order valence-electron chi connectivity index (χ2n) is 8.63. The highest BCUT2D eigenvalue weighted by molar-refractivity contribution is 8.00. The number of carbonyl (C=O) groups is 1. The number of nitrogens with one attached hydrogen (secondary N) is 2. The molecular formula is C24H27Cl3FN5O2S. The Balaban J connectivity index is 0.00000180. The number of piperidine rings is 1. The first-order chi connectivity index (χ1) is 16.5. The summed E-state index contributed by atoms with van der Waals surface area (Å²) in [5.41, 5.74) is 2.42. The Morgan fingerprint density at radius 2 is 2.11 bits per heavy atom. The average Bonchev–Trinajstić information content (AvgIpc) is 2.82. The van der Waals surface area contributed by atoms with Crippen molar-refractivity contribution in [2.75, 3.05) is 30.7 Å². The topological polar surface area (TPSA) is 90.4 Å². The number of rotatable bonds is 6. The largest absolute Gasteiger partial charge is 0.390 e. The maximum absolute atomic E-state index is 13.8. The van der Waals surface area contributed by atoms with E-state index < -0.39 is 6.10 Å². The van der Waals surface area contributed by atoms with E-state index in [0.29, 0.717) is 42.6 Å². The molecule has 0 radical (unpaired) electrons. The lowest BCUT2D eigenvalue weighted by molar-refractivity contribution is -0.113. The van der Waals surface area contributed by atoms with Gasteiger partial charge in [-0.25, -0.2) is 9.37 Å². The minimum atomic E-state index is -0.524. The molecule has 7 nitrogen and oxygen atoms in total. The van der Waals surface area contributed by atoms with Crippen LogP contribution in [-0.4, -0.2) is 63.4 Å². The summed E-state index contributed by atoms with van der Waals surface area (Å²) in [5.74, 6) is 0.675. The number of β-amino-alcohol motifs (C(OH)–C–C–N with tert-alkyl or cyclic N) is 1. The zero-order valence-corrected chi connectivity index (χ0v) is 22.5. The van der Waals surface area contributed by atoms with Gasteiger partial charge in [-0.1, -0.05) is 11.6 Å². The molecule has 2 aliphatic heterocycles. The third-order valence-corrected chi connectivity index (χ3v) is 7.68. The van der Waals surface area contributed by atoms with Gasteiger partial charge in [-0.05, 0) is 55.3 Å². The molecule has 1 aromatic carbocycles. The summed E-state index contributed by atoms with van der Waals surface area (Å²) in [4.78, 5) is 23.6. The van der Waals surface area contributed by atoms with Crippen LogP contribution in [-0.2, 0) is 17.8 Å². The number of halogens is 4. The number of carbonyl (C=O) groups excluding carboxylic acids is 1. The maximum Gasteiger partial charge on any atom is 0.235 e. The summed E-state index contributed by atoms with van der Waals surface area (Å²) in [6, 6.07) is 8.42. The normalized spacial score (nSPS) is 19.7. The van der Waals surface area contributed by atoms with Crippen LogP contribution in [0.1, 0.15) is 17.7 Å². The average molecular weight is 575 g/mol. The third kappa shape index (κ3) is 6.58. The molecule has 1 amide bonds. The number of hydrogen-bond donors (Lipinski definition) is 3. The number of nitrogens with zero attached hydrogens (tertiary/aromatic N) is 3. The van der Waals surface area contributed by atoms with Crippen molar-refractivity contribution < 1.29 is 14.3 Å². The first-order valence-corrected chi connectivity index (χ1v) is 12.6. The minimum Gasteiger partial charge on any atom is -0.390 e. The van der Waals surface area contributed by atoms with Gasteiger partial charge < -0.3 is 20.6 Å².